The van der Waals surface area contributed by atoms with Crippen molar-refractivity contribution < 1.29 is 18.0 Å². The zero-order valence-electron chi connectivity index (χ0n) is 20.9. The smallest absolute Gasteiger partial charge is 0.244 e. The molecule has 0 unspecified atom stereocenters. The van der Waals surface area contributed by atoms with E-state index in [1.54, 1.807) is 30.3 Å². The van der Waals surface area contributed by atoms with Crippen LogP contribution in [0.1, 0.15) is 51.0 Å². The number of carbonyl (C=O) groups excluding carboxylic acids is 2. The molecule has 1 saturated carbocycles. The van der Waals surface area contributed by atoms with Crippen molar-refractivity contribution in [2.24, 2.45) is 0 Å². The summed E-state index contributed by atoms with van der Waals surface area (Å²) in [4.78, 5) is 28.6. The molecule has 37 heavy (non-hydrogen) atoms. The highest BCUT2D eigenvalue weighted by Crippen LogP contribution is 2.26. The minimum atomic E-state index is -3.82. The number of carbonyl (C=O) groups is 2. The maximum Gasteiger partial charge on any atom is 0.244 e. The molecule has 0 aromatic heterocycles. The Morgan fingerprint density at radius 1 is 1.00 bits per heavy atom. The standard InChI is InChI=1S/C26H32Cl3N3O4S/c1-3-24(26(34)30-20-7-5-4-6-8-20)31(16-18-9-14-22(28)23(29)15-18)25(33)17-32(37(2,35)36)21-12-10-19(27)11-13-21/h9-15,20,24H,3-8,16-17H2,1-2H3,(H,30,34)/t24-/m1/s1. The first-order valence-corrected chi connectivity index (χ1v) is 15.2. The van der Waals surface area contributed by atoms with Gasteiger partial charge in [0.2, 0.25) is 21.8 Å². The number of hydrogen-bond acceptors (Lipinski definition) is 4. The molecule has 7 nitrogen and oxygen atoms in total. The van der Waals surface area contributed by atoms with Crippen molar-refractivity contribution in [2.45, 2.75) is 64.1 Å². The maximum absolute atomic E-state index is 13.7. The molecule has 1 aliphatic rings. The van der Waals surface area contributed by atoms with Crippen molar-refractivity contribution in [1.82, 2.24) is 10.2 Å². The molecule has 0 saturated heterocycles. The molecule has 0 spiro atoms. The van der Waals surface area contributed by atoms with Gasteiger partial charge in [-0.15, -0.1) is 0 Å². The Bertz CT molecular complexity index is 1200. The molecule has 2 aromatic carbocycles. The van der Waals surface area contributed by atoms with Gasteiger partial charge >= 0.3 is 0 Å². The summed E-state index contributed by atoms with van der Waals surface area (Å²) < 4.78 is 26.3. The van der Waals surface area contributed by atoms with Crippen molar-refractivity contribution in [3.63, 3.8) is 0 Å². The van der Waals surface area contributed by atoms with Gasteiger partial charge in [0.15, 0.2) is 0 Å². The first-order valence-electron chi connectivity index (χ1n) is 12.3. The predicted molar refractivity (Wildman–Crippen MR) is 150 cm³/mol. The van der Waals surface area contributed by atoms with Crippen LogP contribution >= 0.6 is 34.8 Å². The van der Waals surface area contributed by atoms with Crippen LogP contribution in [-0.4, -0.2) is 50.0 Å². The zero-order chi connectivity index (χ0) is 27.2. The monoisotopic (exact) mass is 587 g/mol. The van der Waals surface area contributed by atoms with Crippen LogP contribution in [0.4, 0.5) is 5.69 Å². The predicted octanol–water partition coefficient (Wildman–Crippen LogP) is 5.67. The summed E-state index contributed by atoms with van der Waals surface area (Å²) in [5, 5.41) is 4.24. The van der Waals surface area contributed by atoms with E-state index in [1.165, 1.54) is 17.0 Å². The van der Waals surface area contributed by atoms with Crippen LogP contribution in [0.5, 0.6) is 0 Å². The summed E-state index contributed by atoms with van der Waals surface area (Å²) >= 11 is 18.2. The molecular formula is C26H32Cl3N3O4S. The topological polar surface area (TPSA) is 86.8 Å². The largest absolute Gasteiger partial charge is 0.352 e. The second kappa shape index (κ2) is 13.2. The number of amides is 2. The van der Waals surface area contributed by atoms with Crippen LogP contribution in [0.3, 0.4) is 0 Å². The molecule has 1 N–H and O–H groups in total. The van der Waals surface area contributed by atoms with Crippen LogP contribution in [0, 0.1) is 0 Å². The van der Waals surface area contributed by atoms with Gasteiger partial charge in [-0.25, -0.2) is 8.42 Å². The van der Waals surface area contributed by atoms with Crippen molar-refractivity contribution in [1.29, 1.82) is 0 Å². The van der Waals surface area contributed by atoms with Gasteiger partial charge in [-0.3, -0.25) is 13.9 Å². The average Bonchev–Trinajstić information content (AvgIpc) is 2.85. The lowest BCUT2D eigenvalue weighted by molar-refractivity contribution is -0.140. The molecule has 0 radical (unpaired) electrons. The third-order valence-corrected chi connectivity index (χ3v) is 8.60. The Balaban J connectivity index is 1.92. The molecule has 0 aliphatic heterocycles. The molecular weight excluding hydrogens is 557 g/mol. The van der Waals surface area contributed by atoms with Gasteiger partial charge < -0.3 is 10.2 Å². The number of halogens is 3. The number of nitrogens with zero attached hydrogens (tertiary/aromatic N) is 2. The fourth-order valence-electron chi connectivity index (χ4n) is 4.52. The summed E-state index contributed by atoms with van der Waals surface area (Å²) in [7, 11) is -3.82. The van der Waals surface area contributed by atoms with Crippen molar-refractivity contribution >= 4 is 62.3 Å². The van der Waals surface area contributed by atoms with Crippen LogP contribution < -0.4 is 9.62 Å². The molecule has 1 fully saturated rings. The van der Waals surface area contributed by atoms with Crippen molar-refractivity contribution in [3.8, 4) is 0 Å². The normalized spacial score (nSPS) is 15.2. The summed E-state index contributed by atoms with van der Waals surface area (Å²) in [6.45, 7) is 1.41. The van der Waals surface area contributed by atoms with Crippen molar-refractivity contribution in [3.05, 3.63) is 63.1 Å². The Morgan fingerprint density at radius 3 is 2.22 bits per heavy atom. The Morgan fingerprint density at radius 2 is 1.65 bits per heavy atom. The number of rotatable bonds is 10. The van der Waals surface area contributed by atoms with Gasteiger partial charge in [0.05, 0.1) is 22.0 Å². The number of benzene rings is 2. The van der Waals surface area contributed by atoms with Crippen molar-refractivity contribution in [2.75, 3.05) is 17.1 Å². The summed E-state index contributed by atoms with van der Waals surface area (Å²) in [6.07, 6.45) is 6.45. The average molecular weight is 589 g/mol. The fourth-order valence-corrected chi connectivity index (χ4v) is 5.82. The lowest BCUT2D eigenvalue weighted by atomic mass is 9.95. The number of nitrogens with one attached hydrogen (secondary N) is 1. The lowest BCUT2D eigenvalue weighted by Crippen LogP contribution is -2.53. The summed E-state index contributed by atoms with van der Waals surface area (Å²) in [6, 6.07) is 10.5. The SMILES string of the molecule is CC[C@H](C(=O)NC1CCCCC1)N(Cc1ccc(Cl)c(Cl)c1)C(=O)CN(c1ccc(Cl)cc1)S(C)(=O)=O. The molecule has 1 aliphatic carbocycles. The Kier molecular flexibility index (Phi) is 10.5. The van der Waals surface area contributed by atoms with E-state index in [9.17, 15) is 18.0 Å². The first kappa shape index (κ1) is 29.6. The molecule has 2 aromatic rings. The first-order chi connectivity index (χ1) is 17.5. The van der Waals surface area contributed by atoms with E-state index in [0.29, 0.717) is 32.7 Å². The highest BCUT2D eigenvalue weighted by atomic mass is 35.5. The van der Waals surface area contributed by atoms with Crippen LogP contribution in [0.25, 0.3) is 0 Å². The van der Waals surface area contributed by atoms with Gasteiger partial charge in [0.25, 0.3) is 0 Å². The quantitative estimate of drug-likeness (QED) is 0.388. The molecule has 0 bridgehead atoms. The summed E-state index contributed by atoms with van der Waals surface area (Å²) in [5.41, 5.74) is 0.971. The molecule has 0 heterocycles. The molecule has 11 heteroatoms. The minimum Gasteiger partial charge on any atom is -0.352 e. The maximum atomic E-state index is 13.7. The highest BCUT2D eigenvalue weighted by Gasteiger charge is 2.33. The van der Waals surface area contributed by atoms with E-state index in [2.05, 4.69) is 5.32 Å². The van der Waals surface area contributed by atoms with E-state index < -0.39 is 28.5 Å². The van der Waals surface area contributed by atoms with E-state index >= 15 is 0 Å². The number of sulfonamides is 1. The Hall–Kier alpha value is -2.00. The highest BCUT2D eigenvalue weighted by molar-refractivity contribution is 7.92. The van der Waals surface area contributed by atoms with E-state index in [4.69, 9.17) is 34.8 Å². The number of hydrogen-bond donors (Lipinski definition) is 1. The Labute approximate surface area is 234 Å². The minimum absolute atomic E-state index is 0.0601. The van der Waals surface area contributed by atoms with Gasteiger partial charge in [0, 0.05) is 17.6 Å². The third kappa shape index (κ3) is 8.24. The van der Waals surface area contributed by atoms with E-state index in [-0.39, 0.29) is 18.5 Å². The van der Waals surface area contributed by atoms with Crippen LogP contribution in [-0.2, 0) is 26.2 Å². The number of anilines is 1. The van der Waals surface area contributed by atoms with E-state index in [1.807, 2.05) is 6.92 Å². The zero-order valence-corrected chi connectivity index (χ0v) is 24.0. The molecule has 2 amide bonds. The molecule has 202 valence electrons. The van der Waals surface area contributed by atoms with E-state index in [0.717, 1.165) is 42.7 Å². The second-order valence-corrected chi connectivity index (χ2v) is 12.4. The molecule has 3 rings (SSSR count). The lowest BCUT2D eigenvalue weighted by Gasteiger charge is -2.34. The second-order valence-electron chi connectivity index (χ2n) is 9.28. The van der Waals surface area contributed by atoms with Gasteiger partial charge in [-0.2, -0.15) is 0 Å². The van der Waals surface area contributed by atoms with Crippen LogP contribution in [0.2, 0.25) is 15.1 Å². The van der Waals surface area contributed by atoms with Gasteiger partial charge in [-0.1, -0.05) is 67.1 Å². The molecule has 1 atom stereocenters. The van der Waals surface area contributed by atoms with Gasteiger partial charge in [-0.05, 0) is 61.2 Å². The van der Waals surface area contributed by atoms with Crippen LogP contribution in [0.15, 0.2) is 42.5 Å². The summed E-state index contributed by atoms with van der Waals surface area (Å²) in [5.74, 6) is -0.766. The fraction of sp³-hybridized carbons (Fsp3) is 0.462. The third-order valence-electron chi connectivity index (χ3n) is 6.47. The van der Waals surface area contributed by atoms with Gasteiger partial charge in [0.1, 0.15) is 12.6 Å².